The van der Waals surface area contributed by atoms with Crippen LogP contribution < -0.4 is 4.74 Å². The van der Waals surface area contributed by atoms with Crippen molar-refractivity contribution in [3.05, 3.63) is 48.3 Å². The molecule has 4 rings (SSSR count). The second-order valence-electron chi connectivity index (χ2n) is 7.28. The maximum Gasteiger partial charge on any atom is 0.307 e. The normalized spacial score (nSPS) is 15.4. The van der Waals surface area contributed by atoms with Gasteiger partial charge in [0.25, 0.3) is 0 Å². The molecule has 2 aromatic heterocycles. The van der Waals surface area contributed by atoms with Crippen LogP contribution in [0.1, 0.15) is 24.8 Å². The number of nitrogens with zero attached hydrogens (tertiary/aromatic N) is 3. The molecule has 0 unspecified atom stereocenters. The van der Waals surface area contributed by atoms with E-state index in [2.05, 4.69) is 5.10 Å². The van der Waals surface area contributed by atoms with Crippen molar-refractivity contribution in [2.24, 2.45) is 0 Å². The molecule has 1 N–H and O–H groups in total. The molecule has 0 saturated carbocycles. The molecule has 1 aliphatic rings. The van der Waals surface area contributed by atoms with E-state index in [4.69, 9.17) is 9.84 Å². The molecule has 3 heterocycles. The monoisotopic (exact) mass is 429 g/mol. The summed E-state index contributed by atoms with van der Waals surface area (Å²) in [6, 6.07) is 8.52. The first-order valence-corrected chi connectivity index (χ1v) is 11.2. The molecule has 8 nitrogen and oxygen atoms in total. The number of pyridine rings is 1. The molecule has 1 fully saturated rings. The highest BCUT2D eigenvalue weighted by Gasteiger charge is 2.30. The lowest BCUT2D eigenvalue weighted by Crippen LogP contribution is -2.35. The molecular weight excluding hydrogens is 406 g/mol. The Kier molecular flexibility index (Phi) is 5.48. The predicted octanol–water partition coefficient (Wildman–Crippen LogP) is 2.81. The van der Waals surface area contributed by atoms with E-state index >= 15 is 0 Å². The fraction of sp³-hybridized carbons (Fsp3) is 0.333. The maximum absolute atomic E-state index is 13.5. The molecule has 0 atom stereocenters. The van der Waals surface area contributed by atoms with Gasteiger partial charge in [-0.1, -0.05) is 12.5 Å². The molecule has 1 saturated heterocycles. The molecule has 1 aliphatic heterocycles. The van der Waals surface area contributed by atoms with E-state index in [1.165, 1.54) is 17.6 Å². The summed E-state index contributed by atoms with van der Waals surface area (Å²) >= 11 is 0. The number of benzene rings is 1. The van der Waals surface area contributed by atoms with E-state index in [-0.39, 0.29) is 11.3 Å². The topological polar surface area (TPSA) is 101 Å². The van der Waals surface area contributed by atoms with Crippen LogP contribution in [0.5, 0.6) is 5.75 Å². The summed E-state index contributed by atoms with van der Waals surface area (Å²) in [4.78, 5) is 11.4. The van der Waals surface area contributed by atoms with Gasteiger partial charge >= 0.3 is 5.97 Å². The van der Waals surface area contributed by atoms with Crippen LogP contribution in [0.3, 0.4) is 0 Å². The summed E-state index contributed by atoms with van der Waals surface area (Å²) in [5, 5.41) is 13.4. The molecule has 1 aromatic carbocycles. The van der Waals surface area contributed by atoms with Gasteiger partial charge in [-0.15, -0.1) is 0 Å². The first-order valence-electron chi connectivity index (χ1n) is 9.77. The molecule has 158 valence electrons. The zero-order valence-electron chi connectivity index (χ0n) is 16.6. The van der Waals surface area contributed by atoms with Gasteiger partial charge < -0.3 is 9.84 Å². The summed E-state index contributed by atoms with van der Waals surface area (Å²) in [6.07, 6.45) is 5.76. The van der Waals surface area contributed by atoms with Crippen molar-refractivity contribution >= 4 is 21.5 Å². The van der Waals surface area contributed by atoms with Gasteiger partial charge in [0.15, 0.2) is 0 Å². The zero-order valence-corrected chi connectivity index (χ0v) is 17.4. The maximum atomic E-state index is 13.5. The van der Waals surface area contributed by atoms with Crippen LogP contribution in [0.4, 0.5) is 0 Å². The summed E-state index contributed by atoms with van der Waals surface area (Å²) in [5.74, 6) is -0.516. The summed E-state index contributed by atoms with van der Waals surface area (Å²) in [7, 11) is -2.20. The minimum Gasteiger partial charge on any atom is -0.496 e. The number of hydrogen-bond acceptors (Lipinski definition) is 5. The van der Waals surface area contributed by atoms with Crippen molar-refractivity contribution < 1.29 is 23.1 Å². The first-order chi connectivity index (χ1) is 14.4. The van der Waals surface area contributed by atoms with Crippen molar-refractivity contribution in [1.29, 1.82) is 0 Å². The van der Waals surface area contributed by atoms with Crippen LogP contribution in [0.2, 0.25) is 0 Å². The average molecular weight is 429 g/mol. The highest BCUT2D eigenvalue weighted by atomic mass is 32.2. The molecule has 9 heteroatoms. The Hall–Kier alpha value is -2.91. The lowest BCUT2D eigenvalue weighted by atomic mass is 10.0. The Labute approximate surface area is 174 Å². The molecule has 0 bridgehead atoms. The number of carboxylic acids is 1. The fourth-order valence-electron chi connectivity index (χ4n) is 3.91. The zero-order chi connectivity index (χ0) is 21.3. The quantitative estimate of drug-likeness (QED) is 0.647. The second kappa shape index (κ2) is 8.08. The van der Waals surface area contributed by atoms with Crippen molar-refractivity contribution in [3.63, 3.8) is 0 Å². The molecule has 0 radical (unpaired) electrons. The van der Waals surface area contributed by atoms with Gasteiger partial charge in [0.05, 0.1) is 30.1 Å². The number of methoxy groups -OCH3 is 1. The number of rotatable bonds is 6. The number of hydrogen-bond donors (Lipinski definition) is 1. The van der Waals surface area contributed by atoms with Gasteiger partial charge in [-0.25, -0.2) is 12.9 Å². The van der Waals surface area contributed by atoms with Crippen molar-refractivity contribution in [1.82, 2.24) is 13.9 Å². The van der Waals surface area contributed by atoms with Crippen LogP contribution in [-0.2, 0) is 21.2 Å². The van der Waals surface area contributed by atoms with Crippen LogP contribution in [0.15, 0.2) is 47.6 Å². The van der Waals surface area contributed by atoms with Crippen LogP contribution in [-0.4, -0.2) is 53.6 Å². The van der Waals surface area contributed by atoms with E-state index in [0.29, 0.717) is 41.0 Å². The lowest BCUT2D eigenvalue weighted by Gasteiger charge is -2.27. The van der Waals surface area contributed by atoms with Gasteiger partial charge in [-0.2, -0.15) is 9.40 Å². The number of aliphatic carboxylic acids is 1. The number of aromatic nitrogens is 2. The van der Waals surface area contributed by atoms with E-state index in [1.807, 2.05) is 0 Å². The molecule has 0 spiro atoms. The molecule has 0 aliphatic carbocycles. The smallest absolute Gasteiger partial charge is 0.307 e. The first kappa shape index (κ1) is 20.4. The number of carboxylic acid groups (broad SMARTS) is 1. The number of carbonyl (C=O) groups is 1. The van der Waals surface area contributed by atoms with Crippen LogP contribution in [0.25, 0.3) is 16.6 Å². The Morgan fingerprint density at radius 1 is 1.20 bits per heavy atom. The molecular formula is C21H23N3O5S. The van der Waals surface area contributed by atoms with Gasteiger partial charge in [-0.05, 0) is 42.7 Å². The van der Waals surface area contributed by atoms with Gasteiger partial charge in [0, 0.05) is 30.4 Å². The highest BCUT2D eigenvalue weighted by Crippen LogP contribution is 2.38. The van der Waals surface area contributed by atoms with Crippen molar-refractivity contribution in [2.45, 2.75) is 30.6 Å². The number of sulfonamides is 1. The minimum absolute atomic E-state index is 0.169. The standard InChI is InChI=1S/C21H23N3O5S/c1-29-18-6-5-7-19(30(27,28)23-9-3-2-4-10-23)21(18)15-8-11-24-17(12-15)16(14-22-24)13-20(25)26/h5-8,11-12,14H,2-4,9-10,13H2,1H3,(H,25,26). The van der Waals surface area contributed by atoms with Crippen molar-refractivity contribution in [2.75, 3.05) is 20.2 Å². The van der Waals surface area contributed by atoms with Gasteiger partial charge in [0.1, 0.15) is 5.75 Å². The molecule has 0 amide bonds. The Morgan fingerprint density at radius 3 is 2.67 bits per heavy atom. The third-order valence-corrected chi connectivity index (χ3v) is 7.31. The van der Waals surface area contributed by atoms with E-state index in [9.17, 15) is 13.2 Å². The Balaban J connectivity index is 1.89. The molecule has 30 heavy (non-hydrogen) atoms. The third-order valence-electron chi connectivity index (χ3n) is 5.37. The predicted molar refractivity (Wildman–Crippen MR) is 111 cm³/mol. The van der Waals surface area contributed by atoms with Crippen molar-refractivity contribution in [3.8, 4) is 16.9 Å². The number of fused-ring (bicyclic) bond motifs is 1. The largest absolute Gasteiger partial charge is 0.496 e. The van der Waals surface area contributed by atoms with Crippen LogP contribution >= 0.6 is 0 Å². The molecule has 3 aromatic rings. The van der Waals surface area contributed by atoms with Gasteiger partial charge in [-0.3, -0.25) is 4.79 Å². The summed E-state index contributed by atoms with van der Waals surface area (Å²) in [5.41, 5.74) is 2.26. The fourth-order valence-corrected chi connectivity index (χ4v) is 5.65. The minimum atomic E-state index is -3.71. The second-order valence-corrected chi connectivity index (χ2v) is 9.19. The number of ether oxygens (including phenoxy) is 1. The van der Waals surface area contributed by atoms with E-state index in [0.717, 1.165) is 19.3 Å². The Bertz CT molecular complexity index is 1200. The van der Waals surface area contributed by atoms with E-state index in [1.54, 1.807) is 41.0 Å². The van der Waals surface area contributed by atoms with E-state index < -0.39 is 16.0 Å². The summed E-state index contributed by atoms with van der Waals surface area (Å²) < 4.78 is 35.5. The van der Waals surface area contributed by atoms with Gasteiger partial charge in [0.2, 0.25) is 10.0 Å². The highest BCUT2D eigenvalue weighted by molar-refractivity contribution is 7.89. The average Bonchev–Trinajstić information content (AvgIpc) is 3.15. The SMILES string of the molecule is COc1cccc(S(=O)(=O)N2CCCCC2)c1-c1ccn2ncc(CC(=O)O)c2c1. The third kappa shape index (κ3) is 3.66. The number of piperidine rings is 1. The van der Waals surface area contributed by atoms with Crippen LogP contribution in [0, 0.1) is 0 Å². The lowest BCUT2D eigenvalue weighted by molar-refractivity contribution is -0.136. The summed E-state index contributed by atoms with van der Waals surface area (Å²) in [6.45, 7) is 1.01. The Morgan fingerprint density at radius 2 is 1.97 bits per heavy atom.